The van der Waals surface area contributed by atoms with Gasteiger partial charge < -0.3 is 15.2 Å². The van der Waals surface area contributed by atoms with Crippen molar-refractivity contribution in [1.29, 1.82) is 0 Å². The van der Waals surface area contributed by atoms with Gasteiger partial charge in [-0.15, -0.1) is 0 Å². The molecule has 0 radical (unpaired) electrons. The monoisotopic (exact) mass is 287 g/mol. The first-order valence-corrected chi connectivity index (χ1v) is 7.83. The number of hydrogen-bond acceptors (Lipinski definition) is 3. The third kappa shape index (κ3) is 5.41. The van der Waals surface area contributed by atoms with Crippen molar-refractivity contribution >= 4 is 0 Å². The van der Waals surface area contributed by atoms with Gasteiger partial charge >= 0.3 is 0 Å². The number of ether oxygens (including phenoxy) is 2. The summed E-state index contributed by atoms with van der Waals surface area (Å²) in [5.74, 6) is 7.36. The summed E-state index contributed by atoms with van der Waals surface area (Å²) in [4.78, 5) is 0. The van der Waals surface area contributed by atoms with Crippen molar-refractivity contribution in [3.8, 4) is 17.6 Å². The van der Waals surface area contributed by atoms with Crippen molar-refractivity contribution in [2.45, 2.75) is 38.7 Å². The molecule has 1 aromatic rings. The molecular weight excluding hydrogens is 262 g/mol. The SMILES string of the molecule is CC1CCCCC1OCCOc1ccc(C#CCN)cc1. The van der Waals surface area contributed by atoms with Crippen LogP contribution in [0.1, 0.15) is 38.2 Å². The van der Waals surface area contributed by atoms with Gasteiger partial charge in [-0.2, -0.15) is 0 Å². The van der Waals surface area contributed by atoms with Crippen LogP contribution in [0.5, 0.6) is 5.75 Å². The number of rotatable bonds is 5. The van der Waals surface area contributed by atoms with Crippen LogP contribution in [0.4, 0.5) is 0 Å². The second-order valence-corrected chi connectivity index (χ2v) is 5.55. The van der Waals surface area contributed by atoms with Crippen LogP contribution in [0.15, 0.2) is 24.3 Å². The van der Waals surface area contributed by atoms with Crippen LogP contribution in [-0.2, 0) is 4.74 Å². The molecular formula is C18H25NO2. The molecule has 3 nitrogen and oxygen atoms in total. The minimum absolute atomic E-state index is 0.384. The Morgan fingerprint density at radius 2 is 1.90 bits per heavy atom. The van der Waals surface area contributed by atoms with Crippen LogP contribution in [0.3, 0.4) is 0 Å². The first-order valence-electron chi connectivity index (χ1n) is 7.83. The van der Waals surface area contributed by atoms with Gasteiger partial charge in [-0.05, 0) is 43.0 Å². The summed E-state index contributed by atoms with van der Waals surface area (Å²) in [6.45, 7) is 3.92. The smallest absolute Gasteiger partial charge is 0.119 e. The summed E-state index contributed by atoms with van der Waals surface area (Å²) >= 11 is 0. The zero-order valence-electron chi connectivity index (χ0n) is 12.8. The van der Waals surface area contributed by atoms with Crippen LogP contribution in [0, 0.1) is 17.8 Å². The second-order valence-electron chi connectivity index (χ2n) is 5.55. The predicted octanol–water partition coefficient (Wildman–Crippen LogP) is 2.97. The Morgan fingerprint density at radius 1 is 1.14 bits per heavy atom. The molecule has 2 rings (SSSR count). The zero-order valence-corrected chi connectivity index (χ0v) is 12.8. The average Bonchev–Trinajstić information content (AvgIpc) is 2.52. The highest BCUT2D eigenvalue weighted by Gasteiger charge is 2.21. The molecule has 114 valence electrons. The molecule has 3 heteroatoms. The Balaban J connectivity index is 1.68. The van der Waals surface area contributed by atoms with Gasteiger partial charge in [0.25, 0.3) is 0 Å². The van der Waals surface area contributed by atoms with E-state index >= 15 is 0 Å². The Hall–Kier alpha value is -1.50. The van der Waals surface area contributed by atoms with E-state index in [-0.39, 0.29) is 0 Å². The van der Waals surface area contributed by atoms with Crippen molar-refractivity contribution in [3.63, 3.8) is 0 Å². The third-order valence-electron chi connectivity index (χ3n) is 3.91. The molecule has 21 heavy (non-hydrogen) atoms. The minimum atomic E-state index is 0.384. The Kier molecular flexibility index (Phi) is 6.59. The highest BCUT2D eigenvalue weighted by atomic mass is 16.5. The number of benzene rings is 1. The van der Waals surface area contributed by atoms with Crippen molar-refractivity contribution in [1.82, 2.24) is 0 Å². The maximum Gasteiger partial charge on any atom is 0.119 e. The standard InChI is InChI=1S/C18H25NO2/c1-15-5-2-3-7-18(15)21-14-13-20-17-10-8-16(9-11-17)6-4-12-19/h8-11,15,18H,2-3,5,7,12-14,19H2,1H3. The molecule has 0 spiro atoms. The molecule has 1 aromatic carbocycles. The van der Waals surface area contributed by atoms with E-state index in [1.807, 2.05) is 24.3 Å². The highest BCUT2D eigenvalue weighted by Crippen LogP contribution is 2.26. The molecule has 1 aliphatic rings. The van der Waals surface area contributed by atoms with E-state index in [0.717, 1.165) is 11.3 Å². The van der Waals surface area contributed by atoms with Crippen molar-refractivity contribution in [2.24, 2.45) is 11.7 Å². The maximum atomic E-state index is 5.93. The highest BCUT2D eigenvalue weighted by molar-refractivity contribution is 5.38. The van der Waals surface area contributed by atoms with E-state index in [4.69, 9.17) is 15.2 Å². The van der Waals surface area contributed by atoms with E-state index in [1.54, 1.807) is 0 Å². The van der Waals surface area contributed by atoms with E-state index < -0.39 is 0 Å². The van der Waals surface area contributed by atoms with Crippen LogP contribution in [0.25, 0.3) is 0 Å². The predicted molar refractivity (Wildman–Crippen MR) is 85.2 cm³/mol. The van der Waals surface area contributed by atoms with Crippen LogP contribution >= 0.6 is 0 Å². The van der Waals surface area contributed by atoms with E-state index in [0.29, 0.717) is 31.8 Å². The molecule has 0 heterocycles. The maximum absolute atomic E-state index is 5.93. The summed E-state index contributed by atoms with van der Waals surface area (Å²) < 4.78 is 11.6. The lowest BCUT2D eigenvalue weighted by molar-refractivity contribution is -0.0165. The summed E-state index contributed by atoms with van der Waals surface area (Å²) in [5.41, 5.74) is 6.30. The first-order chi connectivity index (χ1) is 10.3. The van der Waals surface area contributed by atoms with Gasteiger partial charge in [0, 0.05) is 5.56 Å². The summed E-state index contributed by atoms with van der Waals surface area (Å²) in [6, 6.07) is 7.76. The molecule has 0 bridgehead atoms. The Bertz CT molecular complexity index is 472. The van der Waals surface area contributed by atoms with Gasteiger partial charge in [0.1, 0.15) is 12.4 Å². The minimum Gasteiger partial charge on any atom is -0.491 e. The molecule has 0 amide bonds. The fourth-order valence-electron chi connectivity index (χ4n) is 2.68. The average molecular weight is 287 g/mol. The molecule has 1 aliphatic carbocycles. The van der Waals surface area contributed by atoms with Gasteiger partial charge in [0.05, 0.1) is 19.3 Å². The molecule has 0 aromatic heterocycles. The van der Waals surface area contributed by atoms with Gasteiger partial charge in [-0.1, -0.05) is 31.6 Å². The summed E-state index contributed by atoms with van der Waals surface area (Å²) in [7, 11) is 0. The molecule has 2 unspecified atom stereocenters. The lowest BCUT2D eigenvalue weighted by Gasteiger charge is -2.28. The number of hydrogen-bond donors (Lipinski definition) is 1. The zero-order chi connectivity index (χ0) is 14.9. The van der Waals surface area contributed by atoms with E-state index in [1.165, 1.54) is 25.7 Å². The van der Waals surface area contributed by atoms with Crippen molar-refractivity contribution in [2.75, 3.05) is 19.8 Å². The molecule has 1 fully saturated rings. The largest absolute Gasteiger partial charge is 0.491 e. The summed E-state index contributed by atoms with van der Waals surface area (Å²) in [5, 5.41) is 0. The van der Waals surface area contributed by atoms with Crippen LogP contribution in [0.2, 0.25) is 0 Å². The number of nitrogens with two attached hydrogens (primary N) is 1. The fraction of sp³-hybridized carbons (Fsp3) is 0.556. The van der Waals surface area contributed by atoms with Crippen LogP contribution in [-0.4, -0.2) is 25.9 Å². The van der Waals surface area contributed by atoms with Crippen LogP contribution < -0.4 is 10.5 Å². The molecule has 0 aliphatic heterocycles. The Labute approximate surface area is 127 Å². The van der Waals surface area contributed by atoms with Gasteiger partial charge in [0.15, 0.2) is 0 Å². The lowest BCUT2D eigenvalue weighted by Crippen LogP contribution is -2.27. The normalized spacial score (nSPS) is 21.4. The lowest BCUT2D eigenvalue weighted by atomic mass is 9.88. The van der Waals surface area contributed by atoms with E-state index in [2.05, 4.69) is 18.8 Å². The van der Waals surface area contributed by atoms with Gasteiger partial charge in [-0.25, -0.2) is 0 Å². The van der Waals surface area contributed by atoms with Crippen molar-refractivity contribution in [3.05, 3.63) is 29.8 Å². The fourth-order valence-corrected chi connectivity index (χ4v) is 2.68. The molecule has 1 saturated carbocycles. The Morgan fingerprint density at radius 3 is 2.62 bits per heavy atom. The third-order valence-corrected chi connectivity index (χ3v) is 3.91. The van der Waals surface area contributed by atoms with Gasteiger partial charge in [0.2, 0.25) is 0 Å². The topological polar surface area (TPSA) is 44.5 Å². The second kappa shape index (κ2) is 8.71. The quantitative estimate of drug-likeness (QED) is 0.669. The molecule has 0 saturated heterocycles. The molecule has 2 N–H and O–H groups in total. The molecule has 2 atom stereocenters. The van der Waals surface area contributed by atoms with Gasteiger partial charge in [-0.3, -0.25) is 0 Å². The van der Waals surface area contributed by atoms with Crippen molar-refractivity contribution < 1.29 is 9.47 Å². The summed E-state index contributed by atoms with van der Waals surface area (Å²) in [6.07, 6.45) is 5.53. The van der Waals surface area contributed by atoms with E-state index in [9.17, 15) is 0 Å². The first kappa shape index (κ1) is 15.9.